The lowest BCUT2D eigenvalue weighted by atomic mass is 10.0. The van der Waals surface area contributed by atoms with Gasteiger partial charge in [-0.05, 0) is 38.8 Å². The minimum Gasteiger partial charge on any atom is -0.327 e. The summed E-state index contributed by atoms with van der Waals surface area (Å²) in [5.74, 6) is 0. The molecule has 1 aromatic carbocycles. The Morgan fingerprint density at radius 2 is 1.88 bits per heavy atom. The maximum atomic E-state index is 6.00. The number of benzene rings is 1. The molecule has 0 amide bonds. The van der Waals surface area contributed by atoms with Gasteiger partial charge >= 0.3 is 0 Å². The molecule has 2 N–H and O–H groups in total. The van der Waals surface area contributed by atoms with Gasteiger partial charge in [0, 0.05) is 19.1 Å². The second-order valence-corrected chi connectivity index (χ2v) is 5.13. The third-order valence-corrected chi connectivity index (χ3v) is 3.23. The molecule has 1 aromatic rings. The molecule has 1 heterocycles. The Morgan fingerprint density at radius 3 is 2.47 bits per heavy atom. The highest BCUT2D eigenvalue weighted by atomic mass is 35.5. The maximum Gasteiger partial charge on any atom is 0.0234 e. The highest BCUT2D eigenvalue weighted by Crippen LogP contribution is 2.15. The van der Waals surface area contributed by atoms with Crippen molar-refractivity contribution < 1.29 is 0 Å². The third-order valence-electron chi connectivity index (χ3n) is 3.23. The lowest BCUT2D eigenvalue weighted by Gasteiger charge is -2.30. The van der Waals surface area contributed by atoms with Crippen molar-refractivity contribution in [3.63, 3.8) is 0 Å². The molecule has 2 rings (SSSR count). The van der Waals surface area contributed by atoms with E-state index in [0.29, 0.717) is 6.04 Å². The van der Waals surface area contributed by atoms with E-state index >= 15 is 0 Å². The van der Waals surface area contributed by atoms with Crippen molar-refractivity contribution in [2.24, 2.45) is 5.73 Å². The first-order valence-electron chi connectivity index (χ1n) is 6.18. The average molecular weight is 255 g/mol. The molecule has 0 radical (unpaired) electrons. The predicted molar refractivity (Wildman–Crippen MR) is 75.7 cm³/mol. The Morgan fingerprint density at radius 1 is 1.24 bits per heavy atom. The molecule has 3 heteroatoms. The van der Waals surface area contributed by atoms with Gasteiger partial charge < -0.3 is 5.73 Å². The lowest BCUT2D eigenvalue weighted by Crippen LogP contribution is -2.42. The number of halogens is 1. The van der Waals surface area contributed by atoms with Crippen LogP contribution in [0.25, 0.3) is 0 Å². The molecule has 1 saturated heterocycles. The van der Waals surface area contributed by atoms with Gasteiger partial charge in [-0.1, -0.05) is 29.3 Å². The number of rotatable bonds is 2. The van der Waals surface area contributed by atoms with Crippen LogP contribution in [0, 0.1) is 13.8 Å². The fourth-order valence-corrected chi connectivity index (χ4v) is 2.65. The molecule has 96 valence electrons. The number of hydrogen-bond donors (Lipinski definition) is 1. The van der Waals surface area contributed by atoms with Gasteiger partial charge in [0.15, 0.2) is 0 Å². The third kappa shape index (κ3) is 4.30. The zero-order chi connectivity index (χ0) is 11.5. The van der Waals surface area contributed by atoms with Crippen molar-refractivity contribution in [2.75, 3.05) is 13.1 Å². The smallest absolute Gasteiger partial charge is 0.0234 e. The first-order chi connectivity index (χ1) is 7.63. The first-order valence-corrected chi connectivity index (χ1v) is 6.18. The molecule has 0 spiro atoms. The quantitative estimate of drug-likeness (QED) is 0.879. The average Bonchev–Trinajstić information content (AvgIpc) is 2.15. The maximum absolute atomic E-state index is 6.00. The van der Waals surface area contributed by atoms with Gasteiger partial charge in [-0.2, -0.15) is 0 Å². The molecule has 0 aromatic heterocycles. The van der Waals surface area contributed by atoms with Crippen LogP contribution >= 0.6 is 12.4 Å². The molecule has 1 aliphatic rings. The summed E-state index contributed by atoms with van der Waals surface area (Å²) in [6.45, 7) is 7.63. The van der Waals surface area contributed by atoms with Gasteiger partial charge in [-0.25, -0.2) is 0 Å². The Hall–Kier alpha value is -0.570. The summed E-state index contributed by atoms with van der Waals surface area (Å²) in [6.07, 6.45) is 2.43. The first kappa shape index (κ1) is 14.5. The van der Waals surface area contributed by atoms with Gasteiger partial charge in [0.1, 0.15) is 0 Å². The molecule has 2 nitrogen and oxygen atoms in total. The van der Waals surface area contributed by atoms with Gasteiger partial charge in [-0.15, -0.1) is 12.4 Å². The molecule has 1 aliphatic heterocycles. The largest absolute Gasteiger partial charge is 0.327 e. The van der Waals surface area contributed by atoms with Gasteiger partial charge in [0.05, 0.1) is 0 Å². The van der Waals surface area contributed by atoms with Crippen molar-refractivity contribution in [1.82, 2.24) is 4.90 Å². The Bertz CT molecular complexity index is 345. The summed E-state index contributed by atoms with van der Waals surface area (Å²) in [6, 6.07) is 7.17. The standard InChI is InChI=1S/C14H22N2.ClH/c1-11-6-12(2)8-13(7-11)9-16-5-3-4-14(15)10-16;/h6-8,14H,3-5,9-10,15H2,1-2H3;1H. The van der Waals surface area contributed by atoms with Crippen LogP contribution in [0.15, 0.2) is 18.2 Å². The number of nitrogens with zero attached hydrogens (tertiary/aromatic N) is 1. The number of aryl methyl sites for hydroxylation is 2. The van der Waals surface area contributed by atoms with E-state index in [2.05, 4.69) is 36.9 Å². The second-order valence-electron chi connectivity index (χ2n) is 5.13. The van der Waals surface area contributed by atoms with Crippen LogP contribution in [0.3, 0.4) is 0 Å². The Labute approximate surface area is 111 Å². The monoisotopic (exact) mass is 254 g/mol. The van der Waals surface area contributed by atoms with E-state index in [9.17, 15) is 0 Å². The predicted octanol–water partition coefficient (Wildman–Crippen LogP) is 2.65. The number of likely N-dealkylation sites (tertiary alicyclic amines) is 1. The van der Waals surface area contributed by atoms with Crippen LogP contribution in [-0.4, -0.2) is 24.0 Å². The van der Waals surface area contributed by atoms with Crippen molar-refractivity contribution in [1.29, 1.82) is 0 Å². The van der Waals surface area contributed by atoms with Crippen LogP contribution in [0.5, 0.6) is 0 Å². The highest BCUT2D eigenvalue weighted by molar-refractivity contribution is 5.85. The topological polar surface area (TPSA) is 29.3 Å². The van der Waals surface area contributed by atoms with E-state index in [1.807, 2.05) is 0 Å². The van der Waals surface area contributed by atoms with Crippen molar-refractivity contribution in [3.05, 3.63) is 34.9 Å². The summed E-state index contributed by atoms with van der Waals surface area (Å²) in [5, 5.41) is 0. The van der Waals surface area contributed by atoms with E-state index in [0.717, 1.165) is 13.1 Å². The van der Waals surface area contributed by atoms with Crippen molar-refractivity contribution in [3.8, 4) is 0 Å². The molecular weight excluding hydrogens is 232 g/mol. The second kappa shape index (κ2) is 6.39. The summed E-state index contributed by atoms with van der Waals surface area (Å²) in [4.78, 5) is 2.47. The fourth-order valence-electron chi connectivity index (χ4n) is 2.65. The van der Waals surface area contributed by atoms with Crippen LogP contribution in [0.4, 0.5) is 0 Å². The SMILES string of the molecule is Cc1cc(C)cc(CN2CCCC(N)C2)c1.Cl. The number of piperidine rings is 1. The van der Waals surface area contributed by atoms with E-state index in [-0.39, 0.29) is 12.4 Å². The van der Waals surface area contributed by atoms with Gasteiger partial charge in [0.2, 0.25) is 0 Å². The van der Waals surface area contributed by atoms with E-state index in [1.54, 1.807) is 0 Å². The molecule has 0 saturated carbocycles. The zero-order valence-electron chi connectivity index (χ0n) is 10.8. The minimum absolute atomic E-state index is 0. The lowest BCUT2D eigenvalue weighted by molar-refractivity contribution is 0.201. The van der Waals surface area contributed by atoms with Crippen LogP contribution < -0.4 is 5.73 Å². The summed E-state index contributed by atoms with van der Waals surface area (Å²) in [5.41, 5.74) is 10.1. The van der Waals surface area contributed by atoms with Gasteiger partial charge in [0.25, 0.3) is 0 Å². The Balaban J connectivity index is 0.00000144. The fraction of sp³-hybridized carbons (Fsp3) is 0.571. The van der Waals surface area contributed by atoms with Crippen LogP contribution in [0.1, 0.15) is 29.5 Å². The van der Waals surface area contributed by atoms with E-state index in [1.165, 1.54) is 36.1 Å². The van der Waals surface area contributed by atoms with E-state index in [4.69, 9.17) is 5.73 Å². The molecule has 1 atom stereocenters. The summed E-state index contributed by atoms with van der Waals surface area (Å²) < 4.78 is 0. The van der Waals surface area contributed by atoms with Crippen molar-refractivity contribution in [2.45, 2.75) is 39.3 Å². The molecule has 0 aliphatic carbocycles. The normalized spacial score (nSPS) is 21.0. The zero-order valence-corrected chi connectivity index (χ0v) is 11.6. The number of hydrogen-bond acceptors (Lipinski definition) is 2. The minimum atomic E-state index is 0. The Kier molecular flexibility index (Phi) is 5.44. The summed E-state index contributed by atoms with van der Waals surface area (Å²) in [7, 11) is 0. The summed E-state index contributed by atoms with van der Waals surface area (Å²) >= 11 is 0. The van der Waals surface area contributed by atoms with Crippen LogP contribution in [-0.2, 0) is 6.54 Å². The molecular formula is C14H23ClN2. The van der Waals surface area contributed by atoms with Crippen LogP contribution in [0.2, 0.25) is 0 Å². The molecule has 0 bridgehead atoms. The molecule has 1 unspecified atom stereocenters. The van der Waals surface area contributed by atoms with Crippen molar-refractivity contribution >= 4 is 12.4 Å². The molecule has 1 fully saturated rings. The van der Waals surface area contributed by atoms with E-state index < -0.39 is 0 Å². The highest BCUT2D eigenvalue weighted by Gasteiger charge is 2.16. The molecule has 17 heavy (non-hydrogen) atoms. The van der Waals surface area contributed by atoms with Gasteiger partial charge in [-0.3, -0.25) is 4.90 Å². The number of nitrogens with two attached hydrogens (primary N) is 1.